The van der Waals surface area contributed by atoms with Crippen LogP contribution in [0.4, 0.5) is 0 Å². The zero-order valence-corrected chi connectivity index (χ0v) is 36.7. The van der Waals surface area contributed by atoms with E-state index in [2.05, 4.69) is 26.9 Å². The lowest BCUT2D eigenvalue weighted by molar-refractivity contribution is -0.137. The van der Waals surface area contributed by atoms with Crippen molar-refractivity contribution in [1.29, 1.82) is 0 Å². The number of nitrogens with one attached hydrogen (secondary N) is 1. The summed E-state index contributed by atoms with van der Waals surface area (Å²) in [6.45, 7) is 7.31. The number of aliphatic hydroxyl groups is 1. The largest absolute Gasteiger partial charge is 0.394 e. The third kappa shape index (κ3) is 38.7. The van der Waals surface area contributed by atoms with Gasteiger partial charge in [0.05, 0.1) is 79.3 Å². The van der Waals surface area contributed by atoms with Crippen LogP contribution in [-0.4, -0.2) is 151 Å². The fourth-order valence-electron chi connectivity index (χ4n) is 5.76. The van der Waals surface area contributed by atoms with E-state index in [-0.39, 0.29) is 50.6 Å². The minimum absolute atomic E-state index is 0.0575. The molecular weight excluding hydrogens is 773 g/mol. The number of unbranched alkanes of at least 4 members (excludes halogenated alkanes) is 16. The molecule has 0 aromatic rings. The summed E-state index contributed by atoms with van der Waals surface area (Å²) >= 11 is 0. The molecule has 0 radical (unpaired) electrons. The number of hydrogen-bond acceptors (Lipinski definition) is 13. The number of rotatable bonds is 47. The first-order chi connectivity index (χ1) is 28.1. The fraction of sp³-hybridized carbons (Fsp3) is 0.881. The fourth-order valence-corrected chi connectivity index (χ4v) is 8.06. The third-order valence-electron chi connectivity index (χ3n) is 9.00. The maximum absolute atomic E-state index is 11.8. The van der Waals surface area contributed by atoms with E-state index in [1.807, 2.05) is 0 Å². The van der Waals surface area contributed by atoms with Gasteiger partial charge in [0.2, 0.25) is 5.91 Å². The number of nitrogens with zero attached hydrogens (tertiary/aromatic N) is 1. The van der Waals surface area contributed by atoms with Crippen LogP contribution >= 0.6 is 21.6 Å². The average Bonchev–Trinajstić information content (AvgIpc) is 3.53. The molecule has 1 aliphatic heterocycles. The Hall–Kier alpha value is -1.27. The number of amides is 3. The van der Waals surface area contributed by atoms with Crippen molar-refractivity contribution in [3.8, 4) is 0 Å². The predicted octanol–water partition coefficient (Wildman–Crippen LogP) is 6.54. The van der Waals surface area contributed by atoms with Gasteiger partial charge >= 0.3 is 0 Å². The van der Waals surface area contributed by atoms with Crippen LogP contribution in [0.1, 0.15) is 116 Å². The molecule has 13 nitrogen and oxygen atoms in total. The number of ether oxygens (including phenoxy) is 7. The van der Waals surface area contributed by atoms with Gasteiger partial charge in [0, 0.05) is 50.0 Å². The average molecular weight is 851 g/mol. The molecule has 0 saturated heterocycles. The summed E-state index contributed by atoms with van der Waals surface area (Å²) in [5.41, 5.74) is 0. The van der Waals surface area contributed by atoms with Crippen LogP contribution in [0.5, 0.6) is 0 Å². The molecule has 0 spiro atoms. The van der Waals surface area contributed by atoms with Gasteiger partial charge in [-0.25, -0.2) is 0 Å². The van der Waals surface area contributed by atoms with Gasteiger partial charge < -0.3 is 43.6 Å². The van der Waals surface area contributed by atoms with E-state index < -0.39 is 0 Å². The topological polar surface area (TPSA) is 151 Å². The minimum Gasteiger partial charge on any atom is -0.394 e. The lowest BCUT2D eigenvalue weighted by atomic mass is 10.1. The second-order valence-electron chi connectivity index (χ2n) is 14.0. The molecule has 0 unspecified atom stereocenters. The molecule has 334 valence electrons. The summed E-state index contributed by atoms with van der Waals surface area (Å²) in [4.78, 5) is 35.7. The first-order valence-electron chi connectivity index (χ1n) is 21.8. The van der Waals surface area contributed by atoms with Crippen molar-refractivity contribution in [2.75, 3.05) is 124 Å². The standard InChI is InChI=1S/C42H78N2O11S2/c45-23-26-51-29-32-52-30-27-49-24-15-11-7-3-1-5-9-13-17-37-56-57-38-18-14-10-6-2-4-8-12-16-25-50-28-31-53-33-34-54-35-36-55-39-40(46)43-21-22-44-41(47)19-20-42(44)48/h19-20,45H,1-18,21-39H2,(H,43,46). The molecular formula is C42H78N2O11S2. The van der Waals surface area contributed by atoms with Gasteiger partial charge in [-0.05, 0) is 25.7 Å². The van der Waals surface area contributed by atoms with Gasteiger partial charge in [-0.2, -0.15) is 0 Å². The maximum atomic E-state index is 11.8. The van der Waals surface area contributed by atoms with Gasteiger partial charge in [0.15, 0.2) is 0 Å². The summed E-state index contributed by atoms with van der Waals surface area (Å²) in [5.74, 6) is 1.55. The molecule has 3 amide bonds. The van der Waals surface area contributed by atoms with Gasteiger partial charge in [0.1, 0.15) is 6.61 Å². The lowest BCUT2D eigenvalue weighted by Crippen LogP contribution is -2.39. The van der Waals surface area contributed by atoms with Crippen molar-refractivity contribution in [2.45, 2.75) is 116 Å². The maximum Gasteiger partial charge on any atom is 0.253 e. The van der Waals surface area contributed by atoms with Gasteiger partial charge in [-0.3, -0.25) is 19.3 Å². The first kappa shape index (κ1) is 53.7. The van der Waals surface area contributed by atoms with E-state index in [1.165, 1.54) is 126 Å². The van der Waals surface area contributed by atoms with Gasteiger partial charge in [-0.15, -0.1) is 0 Å². The van der Waals surface area contributed by atoms with E-state index in [0.29, 0.717) is 66.1 Å². The van der Waals surface area contributed by atoms with Crippen LogP contribution in [0.3, 0.4) is 0 Å². The molecule has 1 heterocycles. The van der Waals surface area contributed by atoms with Crippen LogP contribution in [-0.2, 0) is 47.5 Å². The highest BCUT2D eigenvalue weighted by Crippen LogP contribution is 2.25. The molecule has 0 aromatic carbocycles. The van der Waals surface area contributed by atoms with Crippen molar-refractivity contribution in [3.63, 3.8) is 0 Å². The smallest absolute Gasteiger partial charge is 0.253 e. The zero-order valence-electron chi connectivity index (χ0n) is 35.1. The predicted molar refractivity (Wildman–Crippen MR) is 230 cm³/mol. The normalized spacial score (nSPS) is 12.8. The van der Waals surface area contributed by atoms with Crippen LogP contribution in [0.2, 0.25) is 0 Å². The second-order valence-corrected chi connectivity index (χ2v) is 16.7. The van der Waals surface area contributed by atoms with E-state index in [0.717, 1.165) is 31.0 Å². The zero-order chi connectivity index (χ0) is 41.0. The Morgan fingerprint density at radius 3 is 1.21 bits per heavy atom. The molecule has 1 aliphatic rings. The summed E-state index contributed by atoms with van der Waals surface area (Å²) in [6.07, 6.45) is 26.1. The molecule has 0 atom stereocenters. The number of carbonyl (C=O) groups excluding carboxylic acids is 3. The van der Waals surface area contributed by atoms with Gasteiger partial charge in [-0.1, -0.05) is 111 Å². The van der Waals surface area contributed by atoms with E-state index in [1.54, 1.807) is 0 Å². The van der Waals surface area contributed by atoms with Crippen LogP contribution in [0.25, 0.3) is 0 Å². The van der Waals surface area contributed by atoms with Crippen molar-refractivity contribution in [3.05, 3.63) is 12.2 Å². The highest BCUT2D eigenvalue weighted by molar-refractivity contribution is 8.76. The van der Waals surface area contributed by atoms with Crippen molar-refractivity contribution in [2.24, 2.45) is 0 Å². The van der Waals surface area contributed by atoms with Crippen LogP contribution in [0, 0.1) is 0 Å². The molecule has 0 aromatic heterocycles. The summed E-state index contributed by atoms with van der Waals surface area (Å²) < 4.78 is 38.1. The van der Waals surface area contributed by atoms with Crippen molar-refractivity contribution >= 4 is 39.3 Å². The number of hydrogen-bond donors (Lipinski definition) is 2. The molecule has 1 rings (SSSR count). The van der Waals surface area contributed by atoms with Gasteiger partial charge in [0.25, 0.3) is 11.8 Å². The molecule has 0 fully saturated rings. The highest BCUT2D eigenvalue weighted by atomic mass is 33.1. The van der Waals surface area contributed by atoms with Crippen molar-refractivity contribution in [1.82, 2.24) is 10.2 Å². The summed E-state index contributed by atoms with van der Waals surface area (Å²) in [7, 11) is 4.14. The summed E-state index contributed by atoms with van der Waals surface area (Å²) in [5, 5.41) is 11.2. The van der Waals surface area contributed by atoms with E-state index in [9.17, 15) is 14.4 Å². The number of aliphatic hydroxyl groups excluding tert-OH is 1. The molecule has 15 heteroatoms. The Kier molecular flexibility index (Phi) is 41.8. The number of carbonyl (C=O) groups is 3. The van der Waals surface area contributed by atoms with Crippen molar-refractivity contribution < 1.29 is 52.6 Å². The minimum atomic E-state index is -0.365. The Morgan fingerprint density at radius 1 is 0.474 bits per heavy atom. The Labute approximate surface area is 352 Å². The SMILES string of the molecule is O=C(COCCOCCOCCOCCCCCCCCCCCSSCCCCCCCCCCCOCCOCCOCCO)NCCN1C(=O)C=CC1=O. The molecule has 57 heavy (non-hydrogen) atoms. The second kappa shape index (κ2) is 44.3. The quantitative estimate of drug-likeness (QED) is 0.0388. The van der Waals surface area contributed by atoms with E-state index >= 15 is 0 Å². The van der Waals surface area contributed by atoms with Crippen LogP contribution in [0.15, 0.2) is 12.2 Å². The molecule has 2 N–H and O–H groups in total. The highest BCUT2D eigenvalue weighted by Gasteiger charge is 2.22. The van der Waals surface area contributed by atoms with Crippen LogP contribution < -0.4 is 5.32 Å². The first-order valence-corrected chi connectivity index (χ1v) is 24.3. The Balaban J connectivity index is 1.63. The lowest BCUT2D eigenvalue weighted by Gasteiger charge is -2.14. The van der Waals surface area contributed by atoms with E-state index in [4.69, 9.17) is 38.3 Å². The molecule has 0 bridgehead atoms. The molecule has 0 aliphatic carbocycles. The summed E-state index contributed by atoms with van der Waals surface area (Å²) in [6, 6.07) is 0. The number of imide groups is 1. The monoisotopic (exact) mass is 851 g/mol. The molecule has 0 saturated carbocycles. The Morgan fingerprint density at radius 2 is 0.807 bits per heavy atom. The third-order valence-corrected chi connectivity index (χ3v) is 11.6. The Bertz CT molecular complexity index is 934.